The van der Waals surface area contributed by atoms with Crippen molar-refractivity contribution in [2.24, 2.45) is 0 Å². The molecule has 0 saturated carbocycles. The van der Waals surface area contributed by atoms with Crippen LogP contribution in [0.2, 0.25) is 0 Å². The quantitative estimate of drug-likeness (QED) is 0.878. The Labute approximate surface area is 109 Å². The van der Waals surface area contributed by atoms with E-state index in [1.54, 1.807) is 65.3 Å². The molecule has 19 heavy (non-hydrogen) atoms. The number of carbonyl (C=O) groups is 1. The maximum atomic E-state index is 11.2. The third-order valence-electron chi connectivity index (χ3n) is 2.76. The minimum absolute atomic E-state index is 0.230. The third-order valence-corrected chi connectivity index (χ3v) is 2.76. The van der Waals surface area contributed by atoms with E-state index < -0.39 is 5.97 Å². The fraction of sp³-hybridized carbons (Fsp3) is 0. The lowest BCUT2D eigenvalue weighted by Gasteiger charge is -2.22. The average molecular weight is 257 g/mol. The van der Waals surface area contributed by atoms with E-state index >= 15 is 0 Å². The number of aromatic carboxylic acids is 1. The van der Waals surface area contributed by atoms with E-state index in [1.165, 1.54) is 0 Å². The number of carboxylic acids is 1. The summed E-state index contributed by atoms with van der Waals surface area (Å²) in [4.78, 5) is 11.2. The van der Waals surface area contributed by atoms with Gasteiger partial charge in [0.1, 0.15) is 6.26 Å². The maximum Gasteiger partial charge on any atom is 0.337 e. The smallest absolute Gasteiger partial charge is 0.337 e. The topological polar surface area (TPSA) is 69.0 Å². The van der Waals surface area contributed by atoms with Gasteiger partial charge < -0.3 is 9.52 Å². The molecule has 1 aromatic carbocycles. The molecule has 0 fully saturated rings. The molecule has 6 nitrogen and oxygen atoms in total. The Hall–Kier alpha value is -2.73. The zero-order valence-corrected chi connectivity index (χ0v) is 9.85. The van der Waals surface area contributed by atoms with Crippen LogP contribution < -0.4 is 15.6 Å². The molecule has 0 radical (unpaired) electrons. The summed E-state index contributed by atoms with van der Waals surface area (Å²) < 4.78 is 5.00. The number of hydrogen-bond donors (Lipinski definition) is 2. The molecular weight excluding hydrogens is 246 g/mol. The van der Waals surface area contributed by atoms with Gasteiger partial charge in [0, 0.05) is 18.5 Å². The van der Waals surface area contributed by atoms with Gasteiger partial charge in [0.15, 0.2) is 0 Å². The molecule has 0 amide bonds. The highest BCUT2D eigenvalue weighted by atomic mass is 16.4. The molecule has 2 heterocycles. The molecule has 0 spiro atoms. The van der Waals surface area contributed by atoms with E-state index in [9.17, 15) is 4.79 Å². The van der Waals surface area contributed by atoms with Gasteiger partial charge in [0.05, 0.1) is 23.2 Å². The summed E-state index contributed by atoms with van der Waals surface area (Å²) in [5, 5.41) is 12.5. The summed E-state index contributed by atoms with van der Waals surface area (Å²) in [6.07, 6.45) is 6.68. The van der Waals surface area contributed by atoms with E-state index in [-0.39, 0.29) is 5.56 Å². The molecular formula is C13H11N3O3. The van der Waals surface area contributed by atoms with Crippen LogP contribution in [0.25, 0.3) is 0 Å². The first-order valence-electron chi connectivity index (χ1n) is 5.63. The fourth-order valence-corrected chi connectivity index (χ4v) is 1.85. The van der Waals surface area contributed by atoms with Crippen molar-refractivity contribution < 1.29 is 14.3 Å². The molecule has 96 valence electrons. The van der Waals surface area contributed by atoms with E-state index in [1.807, 2.05) is 0 Å². The van der Waals surface area contributed by atoms with Gasteiger partial charge in [0.25, 0.3) is 0 Å². The van der Waals surface area contributed by atoms with E-state index in [0.29, 0.717) is 5.69 Å². The van der Waals surface area contributed by atoms with Gasteiger partial charge in [-0.3, -0.25) is 10.0 Å². The van der Waals surface area contributed by atoms with E-state index in [0.717, 1.165) is 5.69 Å². The number of furan rings is 1. The molecule has 1 aliphatic rings. The van der Waals surface area contributed by atoms with Gasteiger partial charge in [0.2, 0.25) is 0 Å². The number of carboxylic acid groups (broad SMARTS) is 1. The molecule has 1 aliphatic heterocycles. The molecule has 0 unspecified atom stereocenters. The molecule has 1 aromatic heterocycles. The van der Waals surface area contributed by atoms with Crippen molar-refractivity contribution in [3.8, 4) is 0 Å². The number of nitrogens with zero attached hydrogens (tertiary/aromatic N) is 2. The summed E-state index contributed by atoms with van der Waals surface area (Å²) in [5.41, 5.74) is 4.66. The summed E-state index contributed by atoms with van der Waals surface area (Å²) in [5.74, 6) is -0.965. The number of rotatable bonds is 3. The van der Waals surface area contributed by atoms with Crippen molar-refractivity contribution in [3.63, 3.8) is 0 Å². The van der Waals surface area contributed by atoms with Crippen LogP contribution >= 0.6 is 0 Å². The maximum absolute atomic E-state index is 11.2. The normalized spacial score (nSPS) is 14.1. The zero-order valence-electron chi connectivity index (χ0n) is 9.85. The Morgan fingerprint density at radius 3 is 2.68 bits per heavy atom. The largest absolute Gasteiger partial charge is 0.478 e. The van der Waals surface area contributed by atoms with Crippen LogP contribution in [0.1, 0.15) is 10.4 Å². The van der Waals surface area contributed by atoms with Crippen LogP contribution in [0.4, 0.5) is 11.4 Å². The summed E-state index contributed by atoms with van der Waals surface area (Å²) in [7, 11) is 0. The molecule has 0 aliphatic carbocycles. The summed E-state index contributed by atoms with van der Waals surface area (Å²) >= 11 is 0. The Morgan fingerprint density at radius 1 is 1.16 bits per heavy atom. The van der Waals surface area contributed by atoms with E-state index in [4.69, 9.17) is 9.52 Å². The lowest BCUT2D eigenvalue weighted by molar-refractivity contribution is 0.0697. The third kappa shape index (κ3) is 2.04. The number of para-hydroxylation sites is 1. The van der Waals surface area contributed by atoms with Crippen molar-refractivity contribution >= 4 is 17.3 Å². The molecule has 0 bridgehead atoms. The molecule has 2 aromatic rings. The van der Waals surface area contributed by atoms with Gasteiger partial charge in [-0.2, -0.15) is 0 Å². The number of benzene rings is 1. The van der Waals surface area contributed by atoms with Gasteiger partial charge in [-0.15, -0.1) is 5.53 Å². The van der Waals surface area contributed by atoms with Crippen molar-refractivity contribution in [1.82, 2.24) is 5.53 Å². The molecule has 0 saturated heterocycles. The first kappa shape index (κ1) is 11.4. The highest BCUT2D eigenvalue weighted by Crippen LogP contribution is 2.24. The van der Waals surface area contributed by atoms with Crippen molar-refractivity contribution in [2.75, 3.05) is 10.0 Å². The molecule has 3 rings (SSSR count). The van der Waals surface area contributed by atoms with Crippen molar-refractivity contribution in [1.29, 1.82) is 0 Å². The molecule has 0 atom stereocenters. The van der Waals surface area contributed by atoms with Crippen molar-refractivity contribution in [3.05, 3.63) is 60.8 Å². The highest BCUT2D eigenvalue weighted by molar-refractivity contribution is 5.94. The Balaban J connectivity index is 1.86. The lowest BCUT2D eigenvalue weighted by Crippen LogP contribution is -2.39. The van der Waals surface area contributed by atoms with Crippen LogP contribution in [0, 0.1) is 0 Å². The second-order valence-electron chi connectivity index (χ2n) is 3.94. The fourth-order valence-electron chi connectivity index (χ4n) is 1.85. The first-order chi connectivity index (χ1) is 9.25. The first-order valence-corrected chi connectivity index (χ1v) is 5.63. The highest BCUT2D eigenvalue weighted by Gasteiger charge is 2.20. The second-order valence-corrected chi connectivity index (χ2v) is 3.94. The van der Waals surface area contributed by atoms with Crippen LogP contribution in [0.15, 0.2) is 59.7 Å². The van der Waals surface area contributed by atoms with Crippen LogP contribution in [0.3, 0.4) is 0 Å². The average Bonchev–Trinajstić information content (AvgIpc) is 3.09. The van der Waals surface area contributed by atoms with Crippen LogP contribution in [-0.4, -0.2) is 11.1 Å². The predicted octanol–water partition coefficient (Wildman–Crippen LogP) is 2.20. The van der Waals surface area contributed by atoms with Gasteiger partial charge in [-0.05, 0) is 12.1 Å². The number of hydrazine groups is 2. The summed E-state index contributed by atoms with van der Waals surface area (Å²) in [6.45, 7) is 0. The van der Waals surface area contributed by atoms with Gasteiger partial charge in [-0.25, -0.2) is 4.79 Å². The second kappa shape index (κ2) is 4.51. The van der Waals surface area contributed by atoms with Crippen LogP contribution in [-0.2, 0) is 0 Å². The van der Waals surface area contributed by atoms with Gasteiger partial charge >= 0.3 is 5.97 Å². The zero-order chi connectivity index (χ0) is 13.2. The summed E-state index contributed by atoms with van der Waals surface area (Å²) in [6, 6.07) is 8.58. The SMILES string of the molecule is O=C(O)c1ccccc1N1C=CN(c2ccoc2)N1. The van der Waals surface area contributed by atoms with Crippen LogP contribution in [0.5, 0.6) is 0 Å². The monoisotopic (exact) mass is 257 g/mol. The minimum Gasteiger partial charge on any atom is -0.478 e. The standard InChI is InChI=1S/C13H11N3O3/c17-13(18)11-3-1-2-4-12(11)16-7-6-15(14-16)10-5-8-19-9-10/h1-9,14H,(H,17,18). The van der Waals surface area contributed by atoms with Gasteiger partial charge in [-0.1, -0.05) is 12.1 Å². The Morgan fingerprint density at radius 2 is 1.95 bits per heavy atom. The minimum atomic E-state index is -0.965. The number of anilines is 2. The lowest BCUT2D eigenvalue weighted by atomic mass is 10.2. The van der Waals surface area contributed by atoms with Crippen molar-refractivity contribution in [2.45, 2.75) is 0 Å². The van der Waals surface area contributed by atoms with E-state index in [2.05, 4.69) is 5.53 Å². The molecule has 6 heteroatoms. The number of hydrogen-bond acceptors (Lipinski definition) is 5. The Bertz CT molecular complexity index is 622. The Kier molecular flexibility index (Phi) is 2.70. The molecule has 2 N–H and O–H groups in total. The predicted molar refractivity (Wildman–Crippen MR) is 69.3 cm³/mol. The number of nitrogens with one attached hydrogen (secondary N) is 1.